The van der Waals surface area contributed by atoms with Crippen molar-refractivity contribution < 1.29 is 14.3 Å². The lowest BCUT2D eigenvalue weighted by Gasteiger charge is -2.09. The second kappa shape index (κ2) is 10.3. The molecule has 0 saturated carbocycles. The Hall–Kier alpha value is -2.89. The molecule has 2 aromatic rings. The van der Waals surface area contributed by atoms with Gasteiger partial charge in [0.15, 0.2) is 0 Å². The average Bonchev–Trinajstić information content (AvgIpc) is 2.67. The fourth-order valence-corrected chi connectivity index (χ4v) is 2.51. The molecule has 2 rings (SSSR count). The van der Waals surface area contributed by atoms with E-state index in [0.717, 1.165) is 17.7 Å². The first-order chi connectivity index (χ1) is 13.0. The fourth-order valence-electron chi connectivity index (χ4n) is 2.51. The van der Waals surface area contributed by atoms with Crippen molar-refractivity contribution in [3.8, 4) is 5.75 Å². The van der Waals surface area contributed by atoms with Crippen molar-refractivity contribution in [1.82, 2.24) is 15.6 Å². The highest BCUT2D eigenvalue weighted by atomic mass is 16.5. The topological polar surface area (TPSA) is 80.3 Å². The number of carbonyl (C=O) groups is 2. The SMILES string of the molecule is COc1cccc(CCNC(=O)c2ccnc(C(=O)NCCC(C)C)c2)c1. The number of benzene rings is 1. The summed E-state index contributed by atoms with van der Waals surface area (Å²) in [5.74, 6) is 0.819. The minimum absolute atomic E-state index is 0.225. The molecule has 27 heavy (non-hydrogen) atoms. The van der Waals surface area contributed by atoms with Crippen LogP contribution in [0.2, 0.25) is 0 Å². The maximum absolute atomic E-state index is 12.3. The van der Waals surface area contributed by atoms with Crippen LogP contribution in [-0.4, -0.2) is 37.0 Å². The van der Waals surface area contributed by atoms with Crippen LogP contribution in [-0.2, 0) is 6.42 Å². The summed E-state index contributed by atoms with van der Waals surface area (Å²) >= 11 is 0. The van der Waals surface area contributed by atoms with Crippen molar-refractivity contribution in [1.29, 1.82) is 0 Å². The van der Waals surface area contributed by atoms with E-state index >= 15 is 0 Å². The van der Waals surface area contributed by atoms with E-state index in [9.17, 15) is 9.59 Å². The zero-order chi connectivity index (χ0) is 19.6. The molecule has 1 aromatic carbocycles. The monoisotopic (exact) mass is 369 g/mol. The molecule has 0 unspecified atom stereocenters. The third-order valence-electron chi connectivity index (χ3n) is 4.10. The van der Waals surface area contributed by atoms with Crippen molar-refractivity contribution >= 4 is 11.8 Å². The van der Waals surface area contributed by atoms with E-state index in [1.165, 1.54) is 12.3 Å². The van der Waals surface area contributed by atoms with Gasteiger partial charge in [-0.3, -0.25) is 14.6 Å². The van der Waals surface area contributed by atoms with E-state index in [0.29, 0.717) is 31.0 Å². The molecular weight excluding hydrogens is 342 g/mol. The number of methoxy groups -OCH3 is 1. The molecule has 6 heteroatoms. The number of nitrogens with one attached hydrogen (secondary N) is 2. The van der Waals surface area contributed by atoms with Crippen molar-refractivity contribution in [2.75, 3.05) is 20.2 Å². The summed E-state index contributed by atoms with van der Waals surface area (Å²) in [6.45, 7) is 5.28. The molecule has 0 aliphatic heterocycles. The lowest BCUT2D eigenvalue weighted by Crippen LogP contribution is -2.28. The molecule has 0 saturated heterocycles. The van der Waals surface area contributed by atoms with E-state index in [2.05, 4.69) is 29.5 Å². The van der Waals surface area contributed by atoms with E-state index < -0.39 is 0 Å². The van der Waals surface area contributed by atoms with Crippen LogP contribution in [0.3, 0.4) is 0 Å². The minimum Gasteiger partial charge on any atom is -0.497 e. The van der Waals surface area contributed by atoms with Crippen LogP contribution in [0.4, 0.5) is 0 Å². The largest absolute Gasteiger partial charge is 0.497 e. The smallest absolute Gasteiger partial charge is 0.269 e. The predicted octanol–water partition coefficient (Wildman–Crippen LogP) is 2.84. The minimum atomic E-state index is -0.262. The highest BCUT2D eigenvalue weighted by molar-refractivity contribution is 5.98. The first kappa shape index (κ1) is 20.4. The number of pyridine rings is 1. The third-order valence-corrected chi connectivity index (χ3v) is 4.10. The maximum Gasteiger partial charge on any atom is 0.269 e. The van der Waals surface area contributed by atoms with Crippen molar-refractivity contribution in [3.63, 3.8) is 0 Å². The van der Waals surface area contributed by atoms with E-state index in [4.69, 9.17) is 4.74 Å². The summed E-state index contributed by atoms with van der Waals surface area (Å²) in [7, 11) is 1.63. The van der Waals surface area contributed by atoms with Gasteiger partial charge < -0.3 is 15.4 Å². The summed E-state index contributed by atoms with van der Waals surface area (Å²) in [5.41, 5.74) is 1.75. The Kier molecular flexibility index (Phi) is 7.79. The van der Waals surface area contributed by atoms with Gasteiger partial charge >= 0.3 is 0 Å². The first-order valence-corrected chi connectivity index (χ1v) is 9.15. The van der Waals surface area contributed by atoms with Gasteiger partial charge in [0.1, 0.15) is 11.4 Å². The zero-order valence-corrected chi connectivity index (χ0v) is 16.1. The molecule has 2 N–H and O–H groups in total. The Morgan fingerprint density at radius 2 is 1.85 bits per heavy atom. The van der Waals surface area contributed by atoms with Crippen LogP contribution in [0.1, 0.15) is 46.7 Å². The fraction of sp³-hybridized carbons (Fsp3) is 0.381. The average molecular weight is 369 g/mol. The van der Waals surface area contributed by atoms with Gasteiger partial charge in [-0.25, -0.2) is 0 Å². The second-order valence-electron chi connectivity index (χ2n) is 6.73. The zero-order valence-electron chi connectivity index (χ0n) is 16.1. The van der Waals surface area contributed by atoms with E-state index in [-0.39, 0.29) is 17.5 Å². The maximum atomic E-state index is 12.3. The molecule has 1 aromatic heterocycles. The summed E-state index contributed by atoms with van der Waals surface area (Å²) < 4.78 is 5.20. The van der Waals surface area contributed by atoms with E-state index in [1.54, 1.807) is 13.2 Å². The number of carbonyl (C=O) groups excluding carboxylic acids is 2. The van der Waals surface area contributed by atoms with Gasteiger partial charge in [0, 0.05) is 24.8 Å². The van der Waals surface area contributed by atoms with Crippen LogP contribution >= 0.6 is 0 Å². The number of aromatic nitrogens is 1. The Labute approximate surface area is 160 Å². The molecule has 0 aliphatic rings. The molecule has 6 nitrogen and oxygen atoms in total. The number of rotatable bonds is 9. The molecule has 144 valence electrons. The number of hydrogen-bond donors (Lipinski definition) is 2. The van der Waals surface area contributed by atoms with Gasteiger partial charge in [-0.15, -0.1) is 0 Å². The van der Waals surface area contributed by atoms with Crippen LogP contribution < -0.4 is 15.4 Å². The molecule has 1 heterocycles. The normalized spacial score (nSPS) is 10.5. The predicted molar refractivity (Wildman–Crippen MR) is 105 cm³/mol. The molecule has 2 amide bonds. The van der Waals surface area contributed by atoms with Crippen LogP contribution in [0, 0.1) is 5.92 Å². The Balaban J connectivity index is 1.87. The molecule has 0 spiro atoms. The van der Waals surface area contributed by atoms with Gasteiger partial charge in [0.2, 0.25) is 0 Å². The summed E-state index contributed by atoms with van der Waals surface area (Å²) in [4.78, 5) is 28.5. The third kappa shape index (κ3) is 6.73. The summed E-state index contributed by atoms with van der Waals surface area (Å²) in [5, 5.41) is 5.70. The van der Waals surface area contributed by atoms with Crippen LogP contribution in [0.5, 0.6) is 5.75 Å². The summed E-state index contributed by atoms with van der Waals surface area (Å²) in [6, 6.07) is 10.9. The lowest BCUT2D eigenvalue weighted by molar-refractivity contribution is 0.0947. The van der Waals surface area contributed by atoms with Gasteiger partial charge in [-0.2, -0.15) is 0 Å². The molecule has 0 fully saturated rings. The number of amides is 2. The number of nitrogens with zero attached hydrogens (tertiary/aromatic N) is 1. The van der Waals surface area contributed by atoms with Crippen LogP contribution in [0.15, 0.2) is 42.6 Å². The highest BCUT2D eigenvalue weighted by Gasteiger charge is 2.11. The van der Waals surface area contributed by atoms with Gasteiger partial charge in [-0.05, 0) is 48.6 Å². The van der Waals surface area contributed by atoms with E-state index in [1.807, 2.05) is 24.3 Å². The molecule has 0 aliphatic carbocycles. The van der Waals surface area contributed by atoms with Crippen molar-refractivity contribution in [2.45, 2.75) is 26.7 Å². The lowest BCUT2D eigenvalue weighted by atomic mass is 10.1. The van der Waals surface area contributed by atoms with Gasteiger partial charge in [0.25, 0.3) is 11.8 Å². The number of ether oxygens (including phenoxy) is 1. The molecule has 0 bridgehead atoms. The Morgan fingerprint density at radius 1 is 1.07 bits per heavy atom. The van der Waals surface area contributed by atoms with Crippen molar-refractivity contribution in [3.05, 3.63) is 59.4 Å². The Bertz CT molecular complexity index is 775. The first-order valence-electron chi connectivity index (χ1n) is 9.15. The molecule has 0 radical (unpaired) electrons. The van der Waals surface area contributed by atoms with Crippen LogP contribution in [0.25, 0.3) is 0 Å². The summed E-state index contributed by atoms with van der Waals surface area (Å²) in [6.07, 6.45) is 3.07. The second-order valence-corrected chi connectivity index (χ2v) is 6.73. The van der Waals surface area contributed by atoms with Gasteiger partial charge in [-0.1, -0.05) is 26.0 Å². The van der Waals surface area contributed by atoms with Gasteiger partial charge in [0.05, 0.1) is 7.11 Å². The molecular formula is C21H27N3O3. The molecule has 0 atom stereocenters. The highest BCUT2D eigenvalue weighted by Crippen LogP contribution is 2.12. The Morgan fingerprint density at radius 3 is 2.59 bits per heavy atom. The quantitative estimate of drug-likeness (QED) is 0.712. The van der Waals surface area contributed by atoms with Crippen molar-refractivity contribution in [2.24, 2.45) is 5.92 Å². The standard InChI is InChI=1S/C21H27N3O3/c1-15(2)7-10-24-21(26)19-14-17(9-12-22-19)20(25)23-11-8-16-5-4-6-18(13-16)27-3/h4-6,9,12-15H,7-8,10-11H2,1-3H3,(H,23,25)(H,24,26). The number of hydrogen-bond acceptors (Lipinski definition) is 4.